The van der Waals surface area contributed by atoms with Crippen LogP contribution in [0.3, 0.4) is 0 Å². The SMILES string of the molecule is CC1(C(F)(F)F)CC(N=[N+]=[N-])c2cc(Br)ccc2O1. The zero-order valence-corrected chi connectivity index (χ0v) is 11.4. The Labute approximate surface area is 115 Å². The van der Waals surface area contributed by atoms with Crippen molar-refractivity contribution < 1.29 is 17.9 Å². The van der Waals surface area contributed by atoms with E-state index in [1.54, 1.807) is 12.1 Å². The van der Waals surface area contributed by atoms with Gasteiger partial charge in [0.1, 0.15) is 5.75 Å². The van der Waals surface area contributed by atoms with Gasteiger partial charge in [-0.05, 0) is 30.7 Å². The molecule has 0 N–H and O–H groups in total. The van der Waals surface area contributed by atoms with Crippen molar-refractivity contribution >= 4 is 15.9 Å². The van der Waals surface area contributed by atoms with E-state index in [0.717, 1.165) is 6.92 Å². The van der Waals surface area contributed by atoms with Crippen molar-refractivity contribution in [1.82, 2.24) is 0 Å². The molecule has 2 rings (SSSR count). The van der Waals surface area contributed by atoms with E-state index < -0.39 is 24.2 Å². The predicted molar refractivity (Wildman–Crippen MR) is 65.7 cm³/mol. The molecule has 0 saturated carbocycles. The van der Waals surface area contributed by atoms with E-state index in [2.05, 4.69) is 26.0 Å². The molecule has 4 nitrogen and oxygen atoms in total. The van der Waals surface area contributed by atoms with Gasteiger partial charge in [-0.3, -0.25) is 0 Å². The molecular weight excluding hydrogens is 327 g/mol. The summed E-state index contributed by atoms with van der Waals surface area (Å²) in [6.45, 7) is 0.956. The van der Waals surface area contributed by atoms with Gasteiger partial charge in [-0.25, -0.2) is 0 Å². The molecule has 0 spiro atoms. The van der Waals surface area contributed by atoms with E-state index in [4.69, 9.17) is 10.3 Å². The van der Waals surface area contributed by atoms with E-state index in [0.29, 0.717) is 10.0 Å². The molecular formula is C11H9BrF3N3O. The van der Waals surface area contributed by atoms with Gasteiger partial charge in [0.25, 0.3) is 0 Å². The molecule has 1 heterocycles. The summed E-state index contributed by atoms with van der Waals surface area (Å²) in [4.78, 5) is 2.62. The zero-order valence-electron chi connectivity index (χ0n) is 9.78. The van der Waals surface area contributed by atoms with E-state index in [-0.39, 0.29) is 5.75 Å². The van der Waals surface area contributed by atoms with Gasteiger partial charge in [-0.2, -0.15) is 13.2 Å². The van der Waals surface area contributed by atoms with Crippen LogP contribution in [0.2, 0.25) is 0 Å². The maximum Gasteiger partial charge on any atom is 0.427 e. The molecule has 0 bridgehead atoms. The number of benzene rings is 1. The molecule has 1 aliphatic heterocycles. The first kappa shape index (κ1) is 14.0. The molecule has 0 aliphatic carbocycles. The third kappa shape index (κ3) is 2.50. The molecule has 8 heteroatoms. The van der Waals surface area contributed by atoms with Crippen molar-refractivity contribution in [3.8, 4) is 5.75 Å². The molecule has 1 aromatic rings. The second-order valence-electron chi connectivity index (χ2n) is 4.44. The minimum atomic E-state index is -4.54. The van der Waals surface area contributed by atoms with Crippen molar-refractivity contribution in [3.63, 3.8) is 0 Å². The lowest BCUT2D eigenvalue weighted by atomic mass is 9.88. The van der Waals surface area contributed by atoms with Crippen LogP contribution in [0.4, 0.5) is 13.2 Å². The Morgan fingerprint density at radius 3 is 2.79 bits per heavy atom. The summed E-state index contributed by atoms with van der Waals surface area (Å²) in [5, 5.41) is 3.45. The third-order valence-corrected chi connectivity index (χ3v) is 3.53. The number of halogens is 4. The fourth-order valence-corrected chi connectivity index (χ4v) is 2.35. The summed E-state index contributed by atoms with van der Waals surface area (Å²) < 4.78 is 44.9. The van der Waals surface area contributed by atoms with Gasteiger partial charge in [0, 0.05) is 21.4 Å². The lowest BCUT2D eigenvalue weighted by molar-refractivity contribution is -0.248. The molecule has 0 fully saturated rings. The molecule has 1 aliphatic rings. The van der Waals surface area contributed by atoms with E-state index in [1.807, 2.05) is 0 Å². The Kier molecular flexibility index (Phi) is 3.40. The van der Waals surface area contributed by atoms with E-state index in [1.165, 1.54) is 6.07 Å². The smallest absolute Gasteiger partial charge is 0.427 e. The van der Waals surface area contributed by atoms with E-state index >= 15 is 0 Å². The maximum atomic E-state index is 13.0. The quantitative estimate of drug-likeness (QED) is 0.409. The fraction of sp³-hybridized carbons (Fsp3) is 0.455. The summed E-state index contributed by atoms with van der Waals surface area (Å²) in [5.41, 5.74) is 6.61. The van der Waals surface area contributed by atoms with Crippen molar-refractivity contribution in [1.29, 1.82) is 0 Å². The minimum absolute atomic E-state index is 0.0895. The average molecular weight is 336 g/mol. The van der Waals surface area contributed by atoms with Crippen LogP contribution in [-0.4, -0.2) is 11.8 Å². The highest BCUT2D eigenvalue weighted by Gasteiger charge is 2.56. The lowest BCUT2D eigenvalue weighted by Crippen LogP contribution is -2.50. The van der Waals surface area contributed by atoms with Crippen LogP contribution in [0.25, 0.3) is 10.4 Å². The molecule has 0 amide bonds. The molecule has 0 aromatic heterocycles. The molecule has 1 aromatic carbocycles. The monoisotopic (exact) mass is 335 g/mol. The molecule has 2 unspecified atom stereocenters. The Balaban J connectivity index is 2.53. The number of rotatable bonds is 1. The normalized spacial score (nSPS) is 26.1. The van der Waals surface area contributed by atoms with Gasteiger partial charge < -0.3 is 4.74 Å². The summed E-state index contributed by atoms with van der Waals surface area (Å²) in [6, 6.07) is 3.71. The van der Waals surface area contributed by atoms with Crippen LogP contribution < -0.4 is 4.74 Å². The minimum Gasteiger partial charge on any atom is -0.478 e. The highest BCUT2D eigenvalue weighted by Crippen LogP contribution is 2.48. The number of alkyl halides is 3. The predicted octanol–water partition coefficient (Wildman–Crippen LogP) is 4.90. The van der Waals surface area contributed by atoms with Crippen LogP contribution in [0.1, 0.15) is 24.9 Å². The average Bonchev–Trinajstić information content (AvgIpc) is 2.29. The number of hydrogen-bond donors (Lipinski definition) is 0. The summed E-state index contributed by atoms with van der Waals surface area (Å²) in [7, 11) is 0. The molecule has 0 saturated heterocycles. The van der Waals surface area contributed by atoms with Crippen LogP contribution in [0, 0.1) is 0 Å². The molecule has 19 heavy (non-hydrogen) atoms. The number of ether oxygens (including phenoxy) is 1. The first-order valence-electron chi connectivity index (χ1n) is 5.36. The fourth-order valence-electron chi connectivity index (χ4n) is 1.97. The highest BCUT2D eigenvalue weighted by atomic mass is 79.9. The lowest BCUT2D eigenvalue weighted by Gasteiger charge is -2.39. The third-order valence-electron chi connectivity index (χ3n) is 3.04. The topological polar surface area (TPSA) is 58.0 Å². The second kappa shape index (κ2) is 4.61. The second-order valence-corrected chi connectivity index (χ2v) is 5.35. The number of hydrogen-bond acceptors (Lipinski definition) is 2. The van der Waals surface area contributed by atoms with Gasteiger partial charge in [0.2, 0.25) is 5.60 Å². The van der Waals surface area contributed by atoms with Crippen molar-refractivity contribution in [2.45, 2.75) is 31.2 Å². The molecule has 0 radical (unpaired) electrons. The van der Waals surface area contributed by atoms with Crippen molar-refractivity contribution in [2.75, 3.05) is 0 Å². The standard InChI is InChI=1S/C11H9BrF3N3O/c1-10(11(13,14)15)5-8(17-18-16)7-4-6(12)2-3-9(7)19-10/h2-4,8H,5H2,1H3. The van der Waals surface area contributed by atoms with Crippen molar-refractivity contribution in [2.24, 2.45) is 5.11 Å². The Hall–Kier alpha value is -1.40. The Morgan fingerprint density at radius 2 is 2.21 bits per heavy atom. The largest absolute Gasteiger partial charge is 0.478 e. The summed E-state index contributed by atoms with van der Waals surface area (Å²) >= 11 is 3.22. The number of fused-ring (bicyclic) bond motifs is 1. The van der Waals surface area contributed by atoms with Gasteiger partial charge in [-0.15, -0.1) is 0 Å². The summed E-state index contributed by atoms with van der Waals surface area (Å²) in [5.74, 6) is 0.0895. The van der Waals surface area contributed by atoms with Gasteiger partial charge in [-0.1, -0.05) is 21.0 Å². The number of nitrogens with zero attached hydrogens (tertiary/aromatic N) is 3. The highest BCUT2D eigenvalue weighted by molar-refractivity contribution is 9.10. The maximum absolute atomic E-state index is 13.0. The summed E-state index contributed by atoms with van der Waals surface area (Å²) in [6.07, 6.45) is -4.98. The zero-order chi connectivity index (χ0) is 14.3. The molecule has 2 atom stereocenters. The molecule has 102 valence electrons. The first-order valence-corrected chi connectivity index (χ1v) is 6.15. The van der Waals surface area contributed by atoms with Crippen LogP contribution in [-0.2, 0) is 0 Å². The van der Waals surface area contributed by atoms with Crippen LogP contribution in [0.5, 0.6) is 5.75 Å². The van der Waals surface area contributed by atoms with Gasteiger partial charge >= 0.3 is 6.18 Å². The van der Waals surface area contributed by atoms with Gasteiger partial charge in [0.05, 0.1) is 6.04 Å². The van der Waals surface area contributed by atoms with Crippen molar-refractivity contribution in [3.05, 3.63) is 38.7 Å². The van der Waals surface area contributed by atoms with Gasteiger partial charge in [0.15, 0.2) is 0 Å². The first-order chi connectivity index (χ1) is 8.77. The van der Waals surface area contributed by atoms with Crippen LogP contribution >= 0.6 is 15.9 Å². The Morgan fingerprint density at radius 1 is 1.53 bits per heavy atom. The van der Waals surface area contributed by atoms with Crippen LogP contribution in [0.15, 0.2) is 27.8 Å². The number of azide groups is 1. The van der Waals surface area contributed by atoms with E-state index in [9.17, 15) is 13.2 Å². The Bertz CT molecular complexity index is 557.